The van der Waals surface area contributed by atoms with Crippen LogP contribution in [0.5, 0.6) is 0 Å². The van der Waals surface area contributed by atoms with Gasteiger partial charge in [-0.3, -0.25) is 19.6 Å². The van der Waals surface area contributed by atoms with Gasteiger partial charge in [-0.2, -0.15) is 0 Å². The van der Waals surface area contributed by atoms with Gasteiger partial charge in [0, 0.05) is 31.1 Å². The van der Waals surface area contributed by atoms with Gasteiger partial charge in [0.2, 0.25) is 0 Å². The molecule has 2 aromatic carbocycles. The number of carbonyl (C=O) groups is 2. The number of thiophene rings is 2. The summed E-state index contributed by atoms with van der Waals surface area (Å²) in [4.78, 5) is 54.3. The maximum Gasteiger partial charge on any atom is 0.309 e. The van der Waals surface area contributed by atoms with E-state index in [1.54, 1.807) is 35.3 Å². The van der Waals surface area contributed by atoms with E-state index in [0.29, 0.717) is 25.9 Å². The summed E-state index contributed by atoms with van der Waals surface area (Å²) in [6.45, 7) is 3.72. The Bertz CT molecular complexity index is 2640. The van der Waals surface area contributed by atoms with Crippen LogP contribution in [0.25, 0.3) is 20.4 Å². The number of nitrogens with one attached hydrogen (secondary N) is 2. The molecule has 0 radical (unpaired) electrons. The van der Waals surface area contributed by atoms with E-state index >= 15 is 0 Å². The second-order valence-electron chi connectivity index (χ2n) is 14.0. The van der Waals surface area contributed by atoms with Crippen LogP contribution in [0.15, 0.2) is 55.9 Å². The van der Waals surface area contributed by atoms with E-state index in [1.807, 2.05) is 19.4 Å². The highest BCUT2D eigenvalue weighted by Gasteiger charge is 2.31. The van der Waals surface area contributed by atoms with Crippen LogP contribution in [0.1, 0.15) is 62.9 Å². The van der Waals surface area contributed by atoms with Crippen molar-refractivity contribution in [3.8, 4) is 0 Å². The van der Waals surface area contributed by atoms with E-state index in [4.69, 9.17) is 4.74 Å². The summed E-state index contributed by atoms with van der Waals surface area (Å²) < 4.78 is 7.18. The number of halogens is 2. The molecule has 2 aliphatic heterocycles. The average Bonchev–Trinajstić information content (AvgIpc) is 4.00. The number of anilines is 4. The van der Waals surface area contributed by atoms with Gasteiger partial charge >= 0.3 is 11.9 Å². The normalized spacial score (nSPS) is 17.5. The fourth-order valence-electron chi connectivity index (χ4n) is 7.79. The van der Waals surface area contributed by atoms with Gasteiger partial charge in [-0.15, -0.1) is 22.7 Å². The Morgan fingerprint density at radius 2 is 1.27 bits per heavy atom. The number of aliphatic imine (C=N–C) groups is 2. The first-order valence-electron chi connectivity index (χ1n) is 18.3. The van der Waals surface area contributed by atoms with E-state index in [2.05, 4.69) is 96.7 Å². The van der Waals surface area contributed by atoms with Gasteiger partial charge in [-0.25, -0.2) is 19.9 Å². The van der Waals surface area contributed by atoms with Crippen LogP contribution < -0.4 is 10.6 Å². The predicted molar refractivity (Wildman–Crippen MR) is 228 cm³/mol. The summed E-state index contributed by atoms with van der Waals surface area (Å²) in [6.07, 6.45) is 11.3. The lowest BCUT2D eigenvalue weighted by Crippen LogP contribution is -2.23. The number of esters is 1. The Morgan fingerprint density at radius 1 is 0.768 bits per heavy atom. The van der Waals surface area contributed by atoms with E-state index in [0.717, 1.165) is 101 Å². The summed E-state index contributed by atoms with van der Waals surface area (Å²) >= 11 is 10.5. The van der Waals surface area contributed by atoms with Crippen LogP contribution in [0.2, 0.25) is 0 Å². The molecule has 4 aliphatic rings. The molecule has 3 N–H and O–H groups in total. The third-order valence-electron chi connectivity index (χ3n) is 10.6. The summed E-state index contributed by atoms with van der Waals surface area (Å²) in [5.41, 5.74) is 9.00. The lowest BCUT2D eigenvalue weighted by Gasteiger charge is -2.20. The number of carbonyl (C=O) groups excluding carboxylic acids is 1. The molecule has 2 aliphatic carbocycles. The average molecular weight is 915 g/mol. The molecule has 56 heavy (non-hydrogen) atoms. The van der Waals surface area contributed by atoms with Gasteiger partial charge in [-0.05, 0) is 135 Å². The van der Waals surface area contributed by atoms with Crippen molar-refractivity contribution in [1.29, 1.82) is 0 Å². The zero-order chi connectivity index (χ0) is 38.5. The Labute approximate surface area is 346 Å². The minimum absolute atomic E-state index is 0.0648. The highest BCUT2D eigenvalue weighted by Crippen LogP contribution is 2.43. The van der Waals surface area contributed by atoms with Gasteiger partial charge < -0.3 is 20.5 Å². The number of carboxylic acids is 1. The van der Waals surface area contributed by atoms with Gasteiger partial charge in [0.15, 0.2) is 0 Å². The lowest BCUT2D eigenvalue weighted by molar-refractivity contribution is -0.148. The Kier molecular flexibility index (Phi) is 10.1. The molecular weight excluding hydrogens is 880 g/mol. The number of ether oxygens (including phenoxy) is 1. The van der Waals surface area contributed by atoms with Crippen LogP contribution >= 0.6 is 54.5 Å². The zero-order valence-corrected chi connectivity index (χ0v) is 34.9. The van der Waals surface area contributed by atoms with Gasteiger partial charge in [0.25, 0.3) is 0 Å². The first kappa shape index (κ1) is 37.0. The zero-order valence-electron chi connectivity index (χ0n) is 30.1. The van der Waals surface area contributed by atoms with Crippen molar-refractivity contribution >= 4 is 122 Å². The third kappa shape index (κ3) is 7.01. The molecule has 0 spiro atoms. The standard InChI is InChI=1S/C21H19BrN4O2S.C19H15BrN4O2S/c1-2-28-21(27)11-3-4-14-17(7-11)29-20-18(14)19(24-10-25-20)26-16-6-13-9-23-8-12(13)5-15(16)22;20-13-3-10-6-21-7-11(10)4-14(13)24-17-16-12-2-1-9(19(25)26)5-15(12)27-18(16)23-8-22-17/h5-6,9-11H,2-4,7-8H2,1H3,(H,24,25,26);3-4,7-9H,1-2,5-6H2,(H,25,26)(H,22,23,24)/t11-;9-/m00/s1. The van der Waals surface area contributed by atoms with Crippen LogP contribution in [-0.2, 0) is 53.1 Å². The lowest BCUT2D eigenvalue weighted by atomic mass is 9.88. The molecule has 6 aromatic rings. The molecule has 0 fully saturated rings. The minimum atomic E-state index is -0.716. The number of aliphatic carboxylic acids is 1. The molecule has 12 nitrogen and oxygen atoms in total. The Balaban J connectivity index is 0.000000147. The van der Waals surface area contributed by atoms with Crippen LogP contribution in [-0.4, -0.2) is 56.0 Å². The number of aromatic nitrogens is 4. The number of fused-ring (bicyclic) bond motifs is 8. The molecule has 0 bridgehead atoms. The number of carboxylic acid groups (broad SMARTS) is 1. The molecule has 284 valence electrons. The van der Waals surface area contributed by atoms with Crippen LogP contribution in [0, 0.1) is 11.8 Å². The van der Waals surface area contributed by atoms with Crippen LogP contribution in [0.3, 0.4) is 0 Å². The summed E-state index contributed by atoms with van der Waals surface area (Å²) in [5.74, 6) is 0.389. The van der Waals surface area contributed by atoms with Crippen LogP contribution in [0.4, 0.5) is 23.0 Å². The molecular formula is C40H34Br2N8O4S2. The number of hydrogen-bond donors (Lipinski definition) is 3. The second kappa shape index (κ2) is 15.4. The SMILES string of the molecule is CCOC(=O)[C@H]1CCc2c(sc3ncnc(Nc4cc5c(cc4Br)CN=C5)c23)C1.O=C(O)[C@H]1CCc2c(sc3ncnc(Nc4cc5c(cc4Br)CN=C5)c23)C1. The fraction of sp³-hybridized carbons (Fsp3) is 0.300. The first-order chi connectivity index (χ1) is 27.2. The summed E-state index contributed by atoms with van der Waals surface area (Å²) in [7, 11) is 0. The molecule has 0 saturated heterocycles. The quantitative estimate of drug-likeness (QED) is 0.132. The highest BCUT2D eigenvalue weighted by molar-refractivity contribution is 9.11. The number of benzene rings is 2. The Hall–Kier alpha value is -4.64. The maximum absolute atomic E-state index is 12.2. The molecule has 10 rings (SSSR count). The summed E-state index contributed by atoms with van der Waals surface area (Å²) in [6, 6.07) is 8.36. The predicted octanol–water partition coefficient (Wildman–Crippen LogP) is 9.12. The molecule has 6 heterocycles. The van der Waals surface area contributed by atoms with Crippen molar-refractivity contribution in [2.24, 2.45) is 21.8 Å². The molecule has 0 amide bonds. The van der Waals surface area contributed by atoms with Crippen molar-refractivity contribution in [3.63, 3.8) is 0 Å². The first-order valence-corrected chi connectivity index (χ1v) is 21.5. The van der Waals surface area contributed by atoms with Crippen molar-refractivity contribution in [2.75, 3.05) is 17.2 Å². The van der Waals surface area contributed by atoms with Gasteiger partial charge in [0.1, 0.15) is 34.0 Å². The minimum Gasteiger partial charge on any atom is -0.481 e. The van der Waals surface area contributed by atoms with Gasteiger partial charge in [-0.1, -0.05) is 0 Å². The maximum atomic E-state index is 12.2. The fourth-order valence-corrected chi connectivity index (χ4v) is 11.3. The topological polar surface area (TPSA) is 164 Å². The Morgan fingerprint density at radius 3 is 1.77 bits per heavy atom. The number of hydrogen-bond acceptors (Lipinski definition) is 13. The molecule has 0 unspecified atom stereocenters. The summed E-state index contributed by atoms with van der Waals surface area (Å²) in [5, 5.41) is 18.4. The van der Waals surface area contributed by atoms with Gasteiger partial charge in [0.05, 0.1) is 53.7 Å². The van der Waals surface area contributed by atoms with E-state index in [1.165, 1.54) is 27.1 Å². The number of rotatable bonds is 7. The smallest absolute Gasteiger partial charge is 0.309 e. The van der Waals surface area contributed by atoms with E-state index < -0.39 is 5.97 Å². The second-order valence-corrected chi connectivity index (χ2v) is 17.9. The monoisotopic (exact) mass is 912 g/mol. The molecule has 2 atom stereocenters. The van der Waals surface area contributed by atoms with E-state index in [9.17, 15) is 14.7 Å². The molecule has 16 heteroatoms. The number of nitrogens with zero attached hydrogens (tertiary/aromatic N) is 6. The van der Waals surface area contributed by atoms with Crippen molar-refractivity contribution in [1.82, 2.24) is 19.9 Å². The number of aryl methyl sites for hydroxylation is 2. The molecule has 4 aromatic heterocycles. The van der Waals surface area contributed by atoms with E-state index in [-0.39, 0.29) is 17.8 Å². The highest BCUT2D eigenvalue weighted by atomic mass is 79.9. The van der Waals surface area contributed by atoms with Crippen molar-refractivity contribution in [2.45, 2.75) is 58.5 Å². The molecule has 0 saturated carbocycles. The third-order valence-corrected chi connectivity index (χ3v) is 14.2. The van der Waals surface area contributed by atoms with Crippen molar-refractivity contribution in [3.05, 3.63) is 89.0 Å². The largest absolute Gasteiger partial charge is 0.481 e. The van der Waals surface area contributed by atoms with Crippen molar-refractivity contribution < 1.29 is 19.4 Å².